The molecule has 1 aliphatic heterocycles. The highest BCUT2D eigenvalue weighted by Crippen LogP contribution is 2.23. The normalized spacial score (nSPS) is 15.9. The molecule has 3 heterocycles. The first-order valence-corrected chi connectivity index (χ1v) is 10.7. The lowest BCUT2D eigenvalue weighted by atomic mass is 10.1. The number of imidazole rings is 1. The molecule has 2 aromatic heterocycles. The SMILES string of the molecule is O=C(Nc1ccc(-c2cn3cccnc3n2)cc1)C1CC(=O)N(CCc2ccccc2)C1. The molecule has 1 fully saturated rings. The number of nitrogens with one attached hydrogen (secondary N) is 1. The molecule has 4 aromatic rings. The van der Waals surface area contributed by atoms with Crippen LogP contribution in [0.5, 0.6) is 0 Å². The van der Waals surface area contributed by atoms with Crippen LogP contribution in [0, 0.1) is 5.92 Å². The maximum atomic E-state index is 12.7. The number of benzene rings is 2. The number of anilines is 1. The molecule has 0 bridgehead atoms. The molecule has 1 atom stereocenters. The van der Waals surface area contributed by atoms with Gasteiger partial charge in [0.15, 0.2) is 0 Å². The Morgan fingerprint density at radius 2 is 1.88 bits per heavy atom. The second-order valence-corrected chi connectivity index (χ2v) is 8.00. The number of fused-ring (bicyclic) bond motifs is 1. The fourth-order valence-electron chi connectivity index (χ4n) is 4.01. The Balaban J connectivity index is 1.19. The number of hydrogen-bond donors (Lipinski definition) is 1. The van der Waals surface area contributed by atoms with E-state index in [9.17, 15) is 9.59 Å². The van der Waals surface area contributed by atoms with Crippen LogP contribution in [0.15, 0.2) is 79.3 Å². The number of nitrogens with zero attached hydrogens (tertiary/aromatic N) is 4. The van der Waals surface area contributed by atoms with Crippen molar-refractivity contribution < 1.29 is 9.59 Å². The van der Waals surface area contributed by atoms with Gasteiger partial charge in [0, 0.05) is 49.4 Å². The van der Waals surface area contributed by atoms with Crippen LogP contribution in [0.3, 0.4) is 0 Å². The molecule has 1 N–H and O–H groups in total. The molecular formula is C25H23N5O2. The molecule has 7 heteroatoms. The van der Waals surface area contributed by atoms with Gasteiger partial charge >= 0.3 is 0 Å². The second kappa shape index (κ2) is 8.63. The topological polar surface area (TPSA) is 79.6 Å². The minimum absolute atomic E-state index is 0.0388. The number of carbonyl (C=O) groups excluding carboxylic acids is 2. The lowest BCUT2D eigenvalue weighted by molar-refractivity contribution is -0.128. The Labute approximate surface area is 185 Å². The number of hydrogen-bond acceptors (Lipinski definition) is 4. The predicted molar refractivity (Wildman–Crippen MR) is 122 cm³/mol. The highest BCUT2D eigenvalue weighted by molar-refractivity contribution is 5.97. The summed E-state index contributed by atoms with van der Waals surface area (Å²) >= 11 is 0. The van der Waals surface area contributed by atoms with Gasteiger partial charge in [-0.2, -0.15) is 0 Å². The number of amides is 2. The molecule has 2 amide bonds. The van der Waals surface area contributed by atoms with E-state index in [1.54, 1.807) is 11.1 Å². The van der Waals surface area contributed by atoms with Gasteiger partial charge in [0.1, 0.15) is 0 Å². The lowest BCUT2D eigenvalue weighted by Gasteiger charge is -2.16. The van der Waals surface area contributed by atoms with Crippen molar-refractivity contribution in [3.05, 3.63) is 84.8 Å². The molecule has 2 aromatic carbocycles. The van der Waals surface area contributed by atoms with Gasteiger partial charge in [0.2, 0.25) is 17.6 Å². The Hall–Kier alpha value is -4.00. The van der Waals surface area contributed by atoms with E-state index in [-0.39, 0.29) is 24.2 Å². The molecule has 0 saturated carbocycles. The third kappa shape index (κ3) is 4.23. The summed E-state index contributed by atoms with van der Waals surface area (Å²) in [4.78, 5) is 35.6. The largest absolute Gasteiger partial charge is 0.342 e. The van der Waals surface area contributed by atoms with Crippen LogP contribution in [0.25, 0.3) is 17.0 Å². The summed E-state index contributed by atoms with van der Waals surface area (Å²) in [7, 11) is 0. The number of likely N-dealkylation sites (tertiary alicyclic amines) is 1. The van der Waals surface area contributed by atoms with Crippen molar-refractivity contribution in [2.45, 2.75) is 12.8 Å². The zero-order chi connectivity index (χ0) is 21.9. The minimum Gasteiger partial charge on any atom is -0.342 e. The first kappa shape index (κ1) is 19.9. The summed E-state index contributed by atoms with van der Waals surface area (Å²) in [6, 6.07) is 19.5. The minimum atomic E-state index is -0.331. The molecule has 1 saturated heterocycles. The monoisotopic (exact) mass is 425 g/mol. The van der Waals surface area contributed by atoms with E-state index in [0.717, 1.165) is 17.7 Å². The molecule has 0 spiro atoms. The van der Waals surface area contributed by atoms with Crippen LogP contribution in [0.2, 0.25) is 0 Å². The van der Waals surface area contributed by atoms with Crippen molar-refractivity contribution in [2.24, 2.45) is 5.92 Å². The Kier molecular flexibility index (Phi) is 5.37. The molecule has 7 nitrogen and oxygen atoms in total. The van der Waals surface area contributed by atoms with Gasteiger partial charge in [-0.05, 0) is 30.2 Å². The quantitative estimate of drug-likeness (QED) is 0.513. The van der Waals surface area contributed by atoms with Crippen molar-refractivity contribution in [3.63, 3.8) is 0 Å². The summed E-state index contributed by atoms with van der Waals surface area (Å²) in [6.45, 7) is 1.10. The Morgan fingerprint density at radius 3 is 2.66 bits per heavy atom. The van der Waals surface area contributed by atoms with E-state index in [4.69, 9.17) is 0 Å². The van der Waals surface area contributed by atoms with E-state index in [1.807, 2.05) is 65.3 Å². The van der Waals surface area contributed by atoms with Gasteiger partial charge in [-0.3, -0.25) is 14.0 Å². The molecule has 5 rings (SSSR count). The standard InChI is InChI=1S/C25H23N5O2/c31-23-15-20(16-29(23)14-11-18-5-2-1-3-6-18)24(32)27-21-9-7-19(8-10-21)22-17-30-13-4-12-26-25(30)28-22/h1-10,12-13,17,20H,11,14-16H2,(H,27,32). The number of carbonyl (C=O) groups is 2. The molecule has 1 aliphatic rings. The van der Waals surface area contributed by atoms with Crippen molar-refractivity contribution in [3.8, 4) is 11.3 Å². The summed E-state index contributed by atoms with van der Waals surface area (Å²) in [5.41, 5.74) is 3.65. The van der Waals surface area contributed by atoms with Crippen LogP contribution < -0.4 is 5.32 Å². The Bertz CT molecular complexity index is 1220. The average Bonchev–Trinajstić information content (AvgIpc) is 3.42. The first-order chi connectivity index (χ1) is 15.7. The van der Waals surface area contributed by atoms with Crippen molar-refractivity contribution in [2.75, 3.05) is 18.4 Å². The molecule has 160 valence electrons. The Morgan fingerprint density at radius 1 is 1.06 bits per heavy atom. The van der Waals surface area contributed by atoms with Gasteiger partial charge in [-0.15, -0.1) is 0 Å². The van der Waals surface area contributed by atoms with E-state index >= 15 is 0 Å². The summed E-state index contributed by atoms with van der Waals surface area (Å²) in [6.07, 6.45) is 6.58. The lowest BCUT2D eigenvalue weighted by Crippen LogP contribution is -2.30. The zero-order valence-electron chi connectivity index (χ0n) is 17.5. The van der Waals surface area contributed by atoms with E-state index in [0.29, 0.717) is 24.6 Å². The van der Waals surface area contributed by atoms with Gasteiger partial charge in [-0.25, -0.2) is 9.97 Å². The summed E-state index contributed by atoms with van der Waals surface area (Å²) < 4.78 is 1.87. The highest BCUT2D eigenvalue weighted by atomic mass is 16.2. The number of rotatable bonds is 6. The third-order valence-corrected chi connectivity index (χ3v) is 5.78. The average molecular weight is 425 g/mol. The maximum absolute atomic E-state index is 12.7. The van der Waals surface area contributed by atoms with E-state index in [1.165, 1.54) is 5.56 Å². The molecule has 0 aliphatic carbocycles. The molecule has 0 radical (unpaired) electrons. The fraction of sp³-hybridized carbons (Fsp3) is 0.200. The van der Waals surface area contributed by atoms with Crippen LogP contribution in [0.4, 0.5) is 5.69 Å². The third-order valence-electron chi connectivity index (χ3n) is 5.78. The highest BCUT2D eigenvalue weighted by Gasteiger charge is 2.34. The van der Waals surface area contributed by atoms with E-state index in [2.05, 4.69) is 27.4 Å². The predicted octanol–water partition coefficient (Wildman–Crippen LogP) is 3.43. The first-order valence-electron chi connectivity index (χ1n) is 10.7. The molecule has 32 heavy (non-hydrogen) atoms. The van der Waals surface area contributed by atoms with E-state index < -0.39 is 0 Å². The summed E-state index contributed by atoms with van der Waals surface area (Å²) in [5.74, 6) is 0.229. The van der Waals surface area contributed by atoms with Crippen LogP contribution in [-0.2, 0) is 16.0 Å². The van der Waals surface area contributed by atoms with Crippen molar-refractivity contribution >= 4 is 23.3 Å². The molecule has 1 unspecified atom stereocenters. The fourth-order valence-corrected chi connectivity index (χ4v) is 4.01. The second-order valence-electron chi connectivity index (χ2n) is 8.00. The van der Waals surface area contributed by atoms with Crippen LogP contribution in [-0.4, -0.2) is 44.2 Å². The number of aromatic nitrogens is 3. The van der Waals surface area contributed by atoms with Crippen LogP contribution >= 0.6 is 0 Å². The summed E-state index contributed by atoms with van der Waals surface area (Å²) in [5, 5.41) is 2.95. The zero-order valence-corrected chi connectivity index (χ0v) is 17.5. The van der Waals surface area contributed by atoms with Crippen molar-refractivity contribution in [1.82, 2.24) is 19.3 Å². The smallest absolute Gasteiger partial charge is 0.234 e. The van der Waals surface area contributed by atoms with Gasteiger partial charge in [0.25, 0.3) is 0 Å². The van der Waals surface area contributed by atoms with Crippen LogP contribution in [0.1, 0.15) is 12.0 Å². The van der Waals surface area contributed by atoms with Gasteiger partial charge in [0.05, 0.1) is 11.6 Å². The van der Waals surface area contributed by atoms with Gasteiger partial charge < -0.3 is 10.2 Å². The maximum Gasteiger partial charge on any atom is 0.234 e. The molecular weight excluding hydrogens is 402 g/mol. The van der Waals surface area contributed by atoms with Crippen molar-refractivity contribution in [1.29, 1.82) is 0 Å². The van der Waals surface area contributed by atoms with Gasteiger partial charge in [-0.1, -0.05) is 42.5 Å².